The van der Waals surface area contributed by atoms with Gasteiger partial charge in [-0.15, -0.1) is 11.8 Å². The molecular weight excluding hydrogens is 433 g/mol. The molecule has 2 atom stereocenters. The Labute approximate surface area is 194 Å². The molecule has 0 spiro atoms. The lowest BCUT2D eigenvalue weighted by molar-refractivity contribution is -0.137. The fourth-order valence-electron chi connectivity index (χ4n) is 5.16. The Bertz CT molecular complexity index is 762. The van der Waals surface area contributed by atoms with Gasteiger partial charge in [0, 0.05) is 23.0 Å². The highest BCUT2D eigenvalue weighted by molar-refractivity contribution is 7.98. The molecular formula is C25H37F3N2OS. The van der Waals surface area contributed by atoms with Crippen molar-refractivity contribution in [2.24, 2.45) is 0 Å². The highest BCUT2D eigenvalue weighted by atomic mass is 32.2. The molecule has 0 aliphatic heterocycles. The van der Waals surface area contributed by atoms with Gasteiger partial charge in [0.25, 0.3) is 5.91 Å². The summed E-state index contributed by atoms with van der Waals surface area (Å²) >= 11 is 1.22. The number of amides is 1. The zero-order valence-electron chi connectivity index (χ0n) is 19.3. The molecule has 0 saturated heterocycles. The molecule has 0 heterocycles. The Morgan fingerprint density at radius 3 is 2.31 bits per heavy atom. The third-order valence-corrected chi connectivity index (χ3v) is 7.66. The summed E-state index contributed by atoms with van der Waals surface area (Å²) in [6.45, 7) is 2.06. The van der Waals surface area contributed by atoms with Crippen LogP contribution in [-0.2, 0) is 12.6 Å². The number of hydrogen-bond donors (Lipinski definition) is 2. The van der Waals surface area contributed by atoms with E-state index in [4.69, 9.17) is 0 Å². The van der Waals surface area contributed by atoms with Crippen molar-refractivity contribution in [3.63, 3.8) is 0 Å². The summed E-state index contributed by atoms with van der Waals surface area (Å²) in [6, 6.07) is 3.12. The quantitative estimate of drug-likeness (QED) is 0.310. The molecule has 2 fully saturated rings. The van der Waals surface area contributed by atoms with Crippen LogP contribution < -0.4 is 10.6 Å². The van der Waals surface area contributed by atoms with Crippen LogP contribution in [0.25, 0.3) is 0 Å². The van der Waals surface area contributed by atoms with E-state index in [0.717, 1.165) is 51.0 Å². The summed E-state index contributed by atoms with van der Waals surface area (Å²) < 4.78 is 40.5. The Balaban J connectivity index is 1.83. The van der Waals surface area contributed by atoms with Gasteiger partial charge in [0.05, 0.1) is 11.1 Å². The summed E-state index contributed by atoms with van der Waals surface area (Å²) in [5.74, 6) is -0.223. The zero-order chi connectivity index (χ0) is 23.1. The molecule has 32 heavy (non-hydrogen) atoms. The molecule has 2 N–H and O–H groups in total. The minimum absolute atomic E-state index is 0.0253. The second-order valence-electron chi connectivity index (χ2n) is 9.29. The Morgan fingerprint density at radius 1 is 1.03 bits per heavy atom. The number of benzene rings is 1. The van der Waals surface area contributed by atoms with E-state index in [0.29, 0.717) is 28.5 Å². The van der Waals surface area contributed by atoms with E-state index in [2.05, 4.69) is 17.6 Å². The van der Waals surface area contributed by atoms with Crippen molar-refractivity contribution in [1.82, 2.24) is 10.6 Å². The van der Waals surface area contributed by atoms with E-state index in [1.54, 1.807) is 6.26 Å². The highest BCUT2D eigenvalue weighted by Crippen LogP contribution is 2.36. The second-order valence-corrected chi connectivity index (χ2v) is 10.1. The van der Waals surface area contributed by atoms with Crippen LogP contribution in [-0.4, -0.2) is 30.3 Å². The second kappa shape index (κ2) is 11.8. The lowest BCUT2D eigenvalue weighted by Gasteiger charge is -2.35. The number of carbonyl (C=O) groups is 1. The number of thioether (sulfide) groups is 1. The normalized spacial score (nSPS) is 22.3. The number of halogens is 3. The first kappa shape index (κ1) is 25.4. The van der Waals surface area contributed by atoms with Crippen LogP contribution in [0.3, 0.4) is 0 Å². The van der Waals surface area contributed by atoms with Crippen LogP contribution in [0, 0.1) is 0 Å². The Kier molecular flexibility index (Phi) is 9.35. The number of carbonyl (C=O) groups excluding carboxylic acids is 1. The largest absolute Gasteiger partial charge is 0.416 e. The molecule has 7 heteroatoms. The number of hydrogen-bond acceptors (Lipinski definition) is 3. The summed E-state index contributed by atoms with van der Waals surface area (Å²) in [7, 11) is 0. The monoisotopic (exact) mass is 470 g/mol. The minimum atomic E-state index is -4.42. The number of aryl methyl sites for hydroxylation is 1. The summed E-state index contributed by atoms with van der Waals surface area (Å²) in [4.78, 5) is 13.9. The third-order valence-electron chi connectivity index (χ3n) is 6.90. The van der Waals surface area contributed by atoms with Crippen molar-refractivity contribution in [3.8, 4) is 0 Å². The average molecular weight is 471 g/mol. The van der Waals surface area contributed by atoms with E-state index >= 15 is 0 Å². The lowest BCUT2D eigenvalue weighted by atomic mass is 9.89. The van der Waals surface area contributed by atoms with Crippen LogP contribution in [0.15, 0.2) is 17.0 Å². The van der Waals surface area contributed by atoms with Crippen molar-refractivity contribution >= 4 is 17.7 Å². The molecule has 0 bridgehead atoms. The molecule has 1 aromatic rings. The third kappa shape index (κ3) is 6.66. The van der Waals surface area contributed by atoms with Gasteiger partial charge in [-0.2, -0.15) is 13.2 Å². The van der Waals surface area contributed by atoms with Gasteiger partial charge in [-0.1, -0.05) is 45.4 Å². The SMILES string of the molecule is CCCCCc1cc(C(F)(F)F)cc(SC)c1C(=O)NC1CCCCC1NC1CCCC1. The fraction of sp³-hybridized carbons (Fsp3) is 0.720. The van der Waals surface area contributed by atoms with Gasteiger partial charge in [-0.3, -0.25) is 4.79 Å². The number of rotatable bonds is 9. The molecule has 180 valence electrons. The molecule has 2 aliphatic rings. The minimum Gasteiger partial charge on any atom is -0.348 e. The lowest BCUT2D eigenvalue weighted by Crippen LogP contribution is -2.54. The van der Waals surface area contributed by atoms with Crippen molar-refractivity contribution in [3.05, 3.63) is 28.8 Å². The van der Waals surface area contributed by atoms with Crippen LogP contribution in [0.4, 0.5) is 13.2 Å². The first-order valence-electron chi connectivity index (χ1n) is 12.2. The maximum absolute atomic E-state index is 13.5. The highest BCUT2D eigenvalue weighted by Gasteiger charge is 2.34. The zero-order valence-corrected chi connectivity index (χ0v) is 20.1. The summed E-state index contributed by atoms with van der Waals surface area (Å²) in [5, 5.41) is 7.00. The number of unbranched alkanes of at least 4 members (excludes halogenated alkanes) is 2. The van der Waals surface area contributed by atoms with Gasteiger partial charge in [0.1, 0.15) is 0 Å². The molecule has 2 aliphatic carbocycles. The molecule has 0 aromatic heterocycles. The van der Waals surface area contributed by atoms with Crippen LogP contribution in [0.2, 0.25) is 0 Å². The van der Waals surface area contributed by atoms with Gasteiger partial charge < -0.3 is 10.6 Å². The predicted molar refractivity (Wildman–Crippen MR) is 125 cm³/mol. The molecule has 3 rings (SSSR count). The molecule has 2 saturated carbocycles. The van der Waals surface area contributed by atoms with Gasteiger partial charge in [0.15, 0.2) is 0 Å². The summed E-state index contributed by atoms with van der Waals surface area (Å²) in [6.07, 6.45) is 9.56. The van der Waals surface area contributed by atoms with Gasteiger partial charge >= 0.3 is 6.18 Å². The standard InChI is InChI=1S/C25H37F3N2OS/c1-3-4-5-10-17-15-18(25(26,27)28)16-22(32-2)23(17)24(31)30-21-14-9-8-13-20(21)29-19-11-6-7-12-19/h15-16,19-21,29H,3-14H2,1-2H3,(H,30,31). The maximum Gasteiger partial charge on any atom is 0.416 e. The topological polar surface area (TPSA) is 41.1 Å². The Morgan fingerprint density at radius 2 is 1.69 bits per heavy atom. The van der Waals surface area contributed by atoms with E-state index in [-0.39, 0.29) is 18.0 Å². The first-order chi connectivity index (χ1) is 15.3. The number of alkyl halides is 3. The number of nitrogens with one attached hydrogen (secondary N) is 2. The fourth-order valence-corrected chi connectivity index (χ4v) is 5.83. The first-order valence-corrected chi connectivity index (χ1v) is 13.4. The van der Waals surface area contributed by atoms with E-state index in [1.165, 1.54) is 43.5 Å². The van der Waals surface area contributed by atoms with Crippen molar-refractivity contribution in [1.29, 1.82) is 0 Å². The average Bonchev–Trinajstić information content (AvgIpc) is 3.27. The van der Waals surface area contributed by atoms with Crippen molar-refractivity contribution in [2.75, 3.05) is 6.26 Å². The molecule has 1 amide bonds. The van der Waals surface area contributed by atoms with Crippen LogP contribution in [0.5, 0.6) is 0 Å². The molecule has 3 nitrogen and oxygen atoms in total. The van der Waals surface area contributed by atoms with Gasteiger partial charge in [-0.05, 0) is 62.5 Å². The molecule has 2 unspecified atom stereocenters. The smallest absolute Gasteiger partial charge is 0.348 e. The van der Waals surface area contributed by atoms with Gasteiger partial charge in [-0.25, -0.2) is 0 Å². The van der Waals surface area contributed by atoms with E-state index in [1.807, 2.05) is 0 Å². The van der Waals surface area contributed by atoms with Crippen molar-refractivity contribution < 1.29 is 18.0 Å². The maximum atomic E-state index is 13.5. The summed E-state index contributed by atoms with van der Waals surface area (Å²) in [5.41, 5.74) is 0.293. The molecule has 1 aromatic carbocycles. The van der Waals surface area contributed by atoms with Crippen LogP contribution >= 0.6 is 11.8 Å². The predicted octanol–water partition coefficient (Wildman–Crippen LogP) is 6.73. The van der Waals surface area contributed by atoms with Crippen molar-refractivity contribution in [2.45, 2.75) is 113 Å². The van der Waals surface area contributed by atoms with E-state index < -0.39 is 11.7 Å². The molecule has 0 radical (unpaired) electrons. The van der Waals surface area contributed by atoms with E-state index in [9.17, 15) is 18.0 Å². The van der Waals surface area contributed by atoms with Gasteiger partial charge in [0.2, 0.25) is 0 Å². The Hall–Kier alpha value is -1.21. The van der Waals surface area contributed by atoms with Crippen LogP contribution in [0.1, 0.15) is 99.0 Å².